The zero-order chi connectivity index (χ0) is 9.97. The van der Waals surface area contributed by atoms with E-state index < -0.39 is 0 Å². The van der Waals surface area contributed by atoms with Crippen LogP contribution in [-0.2, 0) is 0 Å². The van der Waals surface area contributed by atoms with E-state index in [9.17, 15) is 0 Å². The van der Waals surface area contributed by atoms with Crippen molar-refractivity contribution >= 4 is 22.6 Å². The standard InChI is InChI=1S/C11H9IN2/c1-8-7-9(4-6-13-8)11-10(12)3-2-5-14-11/h2-7H,1H3. The maximum Gasteiger partial charge on any atom is 0.0836 e. The summed E-state index contributed by atoms with van der Waals surface area (Å²) in [6, 6.07) is 8.03. The summed E-state index contributed by atoms with van der Waals surface area (Å²) in [6.07, 6.45) is 3.63. The molecule has 2 aromatic heterocycles. The van der Waals surface area contributed by atoms with Crippen LogP contribution in [0.5, 0.6) is 0 Å². The van der Waals surface area contributed by atoms with E-state index in [4.69, 9.17) is 0 Å². The second kappa shape index (κ2) is 4.04. The molecule has 0 saturated heterocycles. The predicted molar refractivity (Wildman–Crippen MR) is 64.9 cm³/mol. The highest BCUT2D eigenvalue weighted by Gasteiger charge is 2.03. The summed E-state index contributed by atoms with van der Waals surface area (Å²) in [5, 5.41) is 0. The topological polar surface area (TPSA) is 25.8 Å². The zero-order valence-electron chi connectivity index (χ0n) is 7.74. The molecule has 0 bridgehead atoms. The van der Waals surface area contributed by atoms with Crippen LogP contribution in [0, 0.1) is 10.5 Å². The Hall–Kier alpha value is -0.970. The first-order valence-electron chi connectivity index (χ1n) is 4.31. The molecule has 0 atom stereocenters. The van der Waals surface area contributed by atoms with Crippen LogP contribution < -0.4 is 0 Å². The summed E-state index contributed by atoms with van der Waals surface area (Å²) >= 11 is 2.29. The van der Waals surface area contributed by atoms with Gasteiger partial charge in [0.2, 0.25) is 0 Å². The number of nitrogens with zero attached hydrogens (tertiary/aromatic N) is 2. The van der Waals surface area contributed by atoms with Crippen molar-refractivity contribution in [1.82, 2.24) is 9.97 Å². The van der Waals surface area contributed by atoms with Crippen LogP contribution in [0.4, 0.5) is 0 Å². The van der Waals surface area contributed by atoms with Gasteiger partial charge in [-0.3, -0.25) is 9.97 Å². The molecule has 0 unspecified atom stereocenters. The molecule has 0 aromatic carbocycles. The second-order valence-corrected chi connectivity index (χ2v) is 4.18. The Labute approximate surface area is 96.6 Å². The van der Waals surface area contributed by atoms with Gasteiger partial charge in [0.05, 0.1) is 5.69 Å². The van der Waals surface area contributed by atoms with Gasteiger partial charge in [-0.15, -0.1) is 0 Å². The molecular weight excluding hydrogens is 287 g/mol. The Kier molecular flexibility index (Phi) is 2.77. The molecular formula is C11H9IN2. The Morgan fingerprint density at radius 3 is 2.71 bits per heavy atom. The van der Waals surface area contributed by atoms with Gasteiger partial charge in [-0.2, -0.15) is 0 Å². The van der Waals surface area contributed by atoms with Gasteiger partial charge in [0.25, 0.3) is 0 Å². The summed E-state index contributed by atoms with van der Waals surface area (Å²) in [4.78, 5) is 8.52. The van der Waals surface area contributed by atoms with Crippen LogP contribution >= 0.6 is 22.6 Å². The molecule has 3 heteroatoms. The highest BCUT2D eigenvalue weighted by molar-refractivity contribution is 14.1. The molecule has 2 nitrogen and oxygen atoms in total. The highest BCUT2D eigenvalue weighted by atomic mass is 127. The van der Waals surface area contributed by atoms with E-state index in [1.54, 1.807) is 0 Å². The molecule has 14 heavy (non-hydrogen) atoms. The number of pyridine rings is 2. The molecule has 2 rings (SSSR count). The second-order valence-electron chi connectivity index (χ2n) is 3.02. The van der Waals surface area contributed by atoms with Crippen molar-refractivity contribution in [1.29, 1.82) is 0 Å². The minimum Gasteiger partial charge on any atom is -0.262 e. The van der Waals surface area contributed by atoms with Crippen molar-refractivity contribution in [3.05, 3.63) is 45.9 Å². The zero-order valence-corrected chi connectivity index (χ0v) is 9.89. The molecule has 0 N–H and O–H groups in total. The summed E-state index contributed by atoms with van der Waals surface area (Å²) < 4.78 is 1.16. The van der Waals surface area contributed by atoms with Crippen molar-refractivity contribution in [3.63, 3.8) is 0 Å². The van der Waals surface area contributed by atoms with Crippen molar-refractivity contribution in [2.24, 2.45) is 0 Å². The largest absolute Gasteiger partial charge is 0.262 e. The number of aromatic nitrogens is 2. The van der Waals surface area contributed by atoms with E-state index in [1.807, 2.05) is 37.5 Å². The number of aryl methyl sites for hydroxylation is 1. The lowest BCUT2D eigenvalue weighted by Gasteiger charge is -2.03. The minimum atomic E-state index is 1.02. The lowest BCUT2D eigenvalue weighted by Crippen LogP contribution is -1.88. The van der Waals surface area contributed by atoms with Gasteiger partial charge < -0.3 is 0 Å². The van der Waals surface area contributed by atoms with Crippen molar-refractivity contribution in [2.75, 3.05) is 0 Å². The number of halogens is 1. The molecule has 70 valence electrons. The predicted octanol–water partition coefficient (Wildman–Crippen LogP) is 3.06. The monoisotopic (exact) mass is 296 g/mol. The molecule has 0 radical (unpaired) electrons. The molecule has 0 spiro atoms. The number of hydrogen-bond acceptors (Lipinski definition) is 2. The lowest BCUT2D eigenvalue weighted by atomic mass is 10.1. The fourth-order valence-corrected chi connectivity index (χ4v) is 1.95. The third-order valence-electron chi connectivity index (χ3n) is 1.93. The first-order valence-corrected chi connectivity index (χ1v) is 5.39. The lowest BCUT2D eigenvalue weighted by molar-refractivity contribution is 1.19. The SMILES string of the molecule is Cc1cc(-c2ncccc2I)ccn1. The van der Waals surface area contributed by atoms with Crippen molar-refractivity contribution < 1.29 is 0 Å². The van der Waals surface area contributed by atoms with Crippen LogP contribution in [-0.4, -0.2) is 9.97 Å². The van der Waals surface area contributed by atoms with Crippen molar-refractivity contribution in [3.8, 4) is 11.3 Å². The van der Waals surface area contributed by atoms with Crippen LogP contribution in [0.1, 0.15) is 5.69 Å². The Balaban J connectivity index is 2.55. The summed E-state index contributed by atoms with van der Waals surface area (Å²) in [7, 11) is 0. The first kappa shape index (κ1) is 9.58. The van der Waals surface area contributed by atoms with Gasteiger partial charge in [0.15, 0.2) is 0 Å². The van der Waals surface area contributed by atoms with E-state index in [-0.39, 0.29) is 0 Å². The minimum absolute atomic E-state index is 1.02. The summed E-state index contributed by atoms with van der Waals surface area (Å²) in [5.41, 5.74) is 3.17. The van der Waals surface area contributed by atoms with E-state index in [0.717, 1.165) is 20.5 Å². The normalized spacial score (nSPS) is 10.1. The van der Waals surface area contributed by atoms with Crippen LogP contribution in [0.15, 0.2) is 36.7 Å². The third-order valence-corrected chi connectivity index (χ3v) is 2.80. The summed E-state index contributed by atoms with van der Waals surface area (Å²) in [6.45, 7) is 1.99. The molecule has 0 fully saturated rings. The fraction of sp³-hybridized carbons (Fsp3) is 0.0909. The number of hydrogen-bond donors (Lipinski definition) is 0. The number of rotatable bonds is 1. The molecule has 0 amide bonds. The van der Waals surface area contributed by atoms with Gasteiger partial charge in [0, 0.05) is 27.2 Å². The quantitative estimate of drug-likeness (QED) is 0.756. The highest BCUT2D eigenvalue weighted by Crippen LogP contribution is 2.22. The average Bonchev–Trinajstić information content (AvgIpc) is 2.18. The van der Waals surface area contributed by atoms with Crippen LogP contribution in [0.3, 0.4) is 0 Å². The average molecular weight is 296 g/mol. The third kappa shape index (κ3) is 1.92. The summed E-state index contributed by atoms with van der Waals surface area (Å²) in [5.74, 6) is 0. The van der Waals surface area contributed by atoms with E-state index in [0.29, 0.717) is 0 Å². The van der Waals surface area contributed by atoms with Gasteiger partial charge >= 0.3 is 0 Å². The molecule has 0 aliphatic carbocycles. The molecule has 0 aliphatic rings. The molecule has 2 aromatic rings. The van der Waals surface area contributed by atoms with Gasteiger partial charge in [-0.25, -0.2) is 0 Å². The van der Waals surface area contributed by atoms with E-state index >= 15 is 0 Å². The molecule has 0 aliphatic heterocycles. The van der Waals surface area contributed by atoms with Crippen LogP contribution in [0.25, 0.3) is 11.3 Å². The fourth-order valence-electron chi connectivity index (χ4n) is 1.29. The van der Waals surface area contributed by atoms with E-state index in [1.165, 1.54) is 0 Å². The van der Waals surface area contributed by atoms with Gasteiger partial charge in [0.1, 0.15) is 0 Å². The first-order chi connectivity index (χ1) is 6.77. The van der Waals surface area contributed by atoms with Gasteiger partial charge in [-0.1, -0.05) is 0 Å². The molecule has 0 saturated carbocycles. The smallest absolute Gasteiger partial charge is 0.0836 e. The van der Waals surface area contributed by atoms with E-state index in [2.05, 4.69) is 38.6 Å². The Morgan fingerprint density at radius 1 is 1.14 bits per heavy atom. The van der Waals surface area contributed by atoms with Gasteiger partial charge in [-0.05, 0) is 53.8 Å². The van der Waals surface area contributed by atoms with Crippen LogP contribution in [0.2, 0.25) is 0 Å². The Morgan fingerprint density at radius 2 is 2.00 bits per heavy atom. The Bertz CT molecular complexity index is 455. The van der Waals surface area contributed by atoms with Crippen molar-refractivity contribution in [2.45, 2.75) is 6.92 Å². The maximum absolute atomic E-state index is 4.35. The maximum atomic E-state index is 4.35. The molecule has 2 heterocycles.